The Bertz CT molecular complexity index is 288. The van der Waals surface area contributed by atoms with Gasteiger partial charge in [-0.15, -0.1) is 0 Å². The first-order valence-electron chi connectivity index (χ1n) is 7.59. The van der Waals surface area contributed by atoms with Gasteiger partial charge in [-0.1, -0.05) is 64.7 Å². The summed E-state index contributed by atoms with van der Waals surface area (Å²) in [5, 5.41) is 9.54. The van der Waals surface area contributed by atoms with Gasteiger partial charge >= 0.3 is 0 Å². The van der Waals surface area contributed by atoms with Crippen molar-refractivity contribution in [3.8, 4) is 0 Å². The SMILES string of the molecule is CCCCCCCCCCCC(O)CCS(=O)(=O)O. The third-order valence-electron chi connectivity index (χ3n) is 3.35. The van der Waals surface area contributed by atoms with Gasteiger partial charge in [0.15, 0.2) is 0 Å². The van der Waals surface area contributed by atoms with Crippen LogP contribution in [0.2, 0.25) is 0 Å². The van der Waals surface area contributed by atoms with Crippen molar-refractivity contribution in [1.29, 1.82) is 0 Å². The van der Waals surface area contributed by atoms with Crippen molar-refractivity contribution in [2.45, 2.75) is 83.7 Å². The lowest BCUT2D eigenvalue weighted by atomic mass is 10.0. The van der Waals surface area contributed by atoms with Crippen molar-refractivity contribution in [3.63, 3.8) is 0 Å². The lowest BCUT2D eigenvalue weighted by molar-refractivity contribution is 0.156. The van der Waals surface area contributed by atoms with Crippen LogP contribution in [0.1, 0.15) is 77.6 Å². The second-order valence-electron chi connectivity index (χ2n) is 5.35. The van der Waals surface area contributed by atoms with E-state index in [0.717, 1.165) is 12.8 Å². The highest BCUT2D eigenvalue weighted by molar-refractivity contribution is 7.85. The maximum Gasteiger partial charge on any atom is 0.264 e. The minimum absolute atomic E-state index is 0.135. The van der Waals surface area contributed by atoms with Crippen LogP contribution in [0.4, 0.5) is 0 Å². The maximum atomic E-state index is 10.5. The summed E-state index contributed by atoms with van der Waals surface area (Å²) in [5.74, 6) is -0.342. The van der Waals surface area contributed by atoms with Gasteiger partial charge in [-0.25, -0.2) is 0 Å². The molecule has 0 rings (SSSR count). The normalized spacial score (nSPS) is 13.6. The predicted molar refractivity (Wildman–Crippen MR) is 78.9 cm³/mol. The molecule has 0 spiro atoms. The second-order valence-corrected chi connectivity index (χ2v) is 6.92. The van der Waals surface area contributed by atoms with Crippen LogP contribution in [0, 0.1) is 0 Å². The smallest absolute Gasteiger partial charge is 0.264 e. The molecule has 0 fully saturated rings. The standard InChI is InChI=1S/C14H30O4S/c1-2-3-4-5-6-7-8-9-10-11-14(15)12-13-19(16,17)18/h14-15H,2-13H2,1H3,(H,16,17,18). The average Bonchev–Trinajstić information content (AvgIpc) is 2.33. The number of rotatable bonds is 13. The first kappa shape index (κ1) is 18.9. The Hall–Kier alpha value is -0.130. The molecular formula is C14H30O4S. The van der Waals surface area contributed by atoms with Crippen LogP contribution >= 0.6 is 0 Å². The van der Waals surface area contributed by atoms with E-state index in [9.17, 15) is 13.5 Å². The van der Waals surface area contributed by atoms with Crippen molar-refractivity contribution in [2.24, 2.45) is 0 Å². The van der Waals surface area contributed by atoms with E-state index in [1.54, 1.807) is 0 Å². The molecule has 5 heteroatoms. The van der Waals surface area contributed by atoms with E-state index in [4.69, 9.17) is 4.55 Å². The van der Waals surface area contributed by atoms with Crippen LogP contribution in [-0.4, -0.2) is 29.9 Å². The molecule has 19 heavy (non-hydrogen) atoms. The van der Waals surface area contributed by atoms with E-state index >= 15 is 0 Å². The molecule has 0 saturated carbocycles. The van der Waals surface area contributed by atoms with Gasteiger partial charge in [0, 0.05) is 0 Å². The Labute approximate surface area is 118 Å². The summed E-state index contributed by atoms with van der Waals surface area (Å²) >= 11 is 0. The molecule has 0 aromatic heterocycles. The van der Waals surface area contributed by atoms with Gasteiger partial charge in [0.25, 0.3) is 10.1 Å². The molecule has 1 unspecified atom stereocenters. The summed E-state index contributed by atoms with van der Waals surface area (Å²) < 4.78 is 29.6. The molecule has 0 aliphatic carbocycles. The molecule has 0 aromatic rings. The highest BCUT2D eigenvalue weighted by atomic mass is 32.2. The fraction of sp³-hybridized carbons (Fsp3) is 1.00. The van der Waals surface area contributed by atoms with Crippen LogP contribution in [0.25, 0.3) is 0 Å². The van der Waals surface area contributed by atoms with E-state index in [-0.39, 0.29) is 12.2 Å². The van der Waals surface area contributed by atoms with Crippen molar-refractivity contribution >= 4 is 10.1 Å². The monoisotopic (exact) mass is 294 g/mol. The number of aliphatic hydroxyl groups excluding tert-OH is 1. The van der Waals surface area contributed by atoms with Gasteiger partial charge in [0.05, 0.1) is 11.9 Å². The molecule has 116 valence electrons. The van der Waals surface area contributed by atoms with E-state index in [1.165, 1.54) is 44.9 Å². The zero-order valence-corrected chi connectivity index (χ0v) is 13.0. The first-order valence-corrected chi connectivity index (χ1v) is 9.20. The highest BCUT2D eigenvalue weighted by Gasteiger charge is 2.10. The lowest BCUT2D eigenvalue weighted by Gasteiger charge is -2.09. The first-order chi connectivity index (χ1) is 8.95. The van der Waals surface area contributed by atoms with Crippen LogP contribution < -0.4 is 0 Å². The zero-order valence-electron chi connectivity index (χ0n) is 12.2. The largest absolute Gasteiger partial charge is 0.393 e. The topological polar surface area (TPSA) is 74.6 Å². The molecule has 2 N–H and O–H groups in total. The van der Waals surface area contributed by atoms with Crippen molar-refractivity contribution in [1.82, 2.24) is 0 Å². The molecule has 0 bridgehead atoms. The molecule has 0 heterocycles. The molecular weight excluding hydrogens is 264 g/mol. The molecule has 0 aliphatic heterocycles. The Kier molecular flexibility index (Phi) is 11.6. The predicted octanol–water partition coefficient (Wildman–Crippen LogP) is 3.55. The molecule has 1 atom stereocenters. The number of aliphatic hydroxyl groups is 1. The van der Waals surface area contributed by atoms with E-state index < -0.39 is 16.2 Å². The van der Waals surface area contributed by atoms with Crippen molar-refractivity contribution in [2.75, 3.05) is 5.75 Å². The molecule has 0 radical (unpaired) electrons. The van der Waals surface area contributed by atoms with Gasteiger partial charge in [-0.3, -0.25) is 4.55 Å². The summed E-state index contributed by atoms with van der Waals surface area (Å²) in [6.07, 6.45) is 11.2. The van der Waals surface area contributed by atoms with E-state index in [0.29, 0.717) is 6.42 Å². The molecule has 4 nitrogen and oxygen atoms in total. The molecule has 0 amide bonds. The average molecular weight is 294 g/mol. The molecule has 0 aromatic carbocycles. The van der Waals surface area contributed by atoms with Crippen LogP contribution in [0.5, 0.6) is 0 Å². The fourth-order valence-electron chi connectivity index (χ4n) is 2.12. The lowest BCUT2D eigenvalue weighted by Crippen LogP contribution is -2.14. The second kappa shape index (κ2) is 11.7. The van der Waals surface area contributed by atoms with Crippen LogP contribution in [0.15, 0.2) is 0 Å². The number of hydrogen-bond acceptors (Lipinski definition) is 3. The summed E-state index contributed by atoms with van der Waals surface area (Å²) in [4.78, 5) is 0. The van der Waals surface area contributed by atoms with Crippen molar-refractivity contribution in [3.05, 3.63) is 0 Å². The summed E-state index contributed by atoms with van der Waals surface area (Å²) in [6, 6.07) is 0. The third kappa shape index (κ3) is 15.8. The van der Waals surface area contributed by atoms with Gasteiger partial charge in [0.1, 0.15) is 0 Å². The third-order valence-corrected chi connectivity index (χ3v) is 4.10. The highest BCUT2D eigenvalue weighted by Crippen LogP contribution is 2.12. The van der Waals surface area contributed by atoms with Gasteiger partial charge in [0.2, 0.25) is 0 Å². The Morgan fingerprint density at radius 2 is 1.32 bits per heavy atom. The Balaban J connectivity index is 3.25. The van der Waals surface area contributed by atoms with Crippen LogP contribution in [-0.2, 0) is 10.1 Å². The van der Waals surface area contributed by atoms with Crippen molar-refractivity contribution < 1.29 is 18.1 Å². The quantitative estimate of drug-likeness (QED) is 0.402. The Morgan fingerprint density at radius 1 is 0.842 bits per heavy atom. The molecule has 0 saturated heterocycles. The van der Waals surface area contributed by atoms with E-state index in [2.05, 4.69) is 6.92 Å². The van der Waals surface area contributed by atoms with E-state index in [1.807, 2.05) is 0 Å². The summed E-state index contributed by atoms with van der Waals surface area (Å²) in [5.41, 5.74) is 0. The minimum Gasteiger partial charge on any atom is -0.393 e. The number of hydrogen-bond donors (Lipinski definition) is 2. The van der Waals surface area contributed by atoms with Gasteiger partial charge in [-0.05, 0) is 12.8 Å². The van der Waals surface area contributed by atoms with Crippen LogP contribution in [0.3, 0.4) is 0 Å². The van der Waals surface area contributed by atoms with Gasteiger partial charge < -0.3 is 5.11 Å². The maximum absolute atomic E-state index is 10.5. The van der Waals surface area contributed by atoms with Gasteiger partial charge in [-0.2, -0.15) is 8.42 Å². The summed E-state index contributed by atoms with van der Waals surface area (Å²) in [6.45, 7) is 2.22. The Morgan fingerprint density at radius 3 is 1.79 bits per heavy atom. The zero-order chi connectivity index (χ0) is 14.6. The summed E-state index contributed by atoms with van der Waals surface area (Å²) in [7, 11) is -3.93. The molecule has 0 aliphatic rings. The fourth-order valence-corrected chi connectivity index (χ4v) is 2.69. The minimum atomic E-state index is -3.93. The number of unbranched alkanes of at least 4 members (excludes halogenated alkanes) is 8.